The van der Waals surface area contributed by atoms with Gasteiger partial charge in [0.2, 0.25) is 0 Å². The van der Waals surface area contributed by atoms with Gasteiger partial charge in [0.1, 0.15) is 0 Å². The molecule has 2 atom stereocenters. The molecule has 26 heavy (non-hydrogen) atoms. The average molecular weight is 362 g/mol. The Kier molecular flexibility index (Phi) is 4.59. The summed E-state index contributed by atoms with van der Waals surface area (Å²) >= 11 is 0. The molecule has 2 aliphatic carbocycles. The van der Waals surface area contributed by atoms with Crippen molar-refractivity contribution in [2.75, 3.05) is 26.7 Å². The van der Waals surface area contributed by atoms with Gasteiger partial charge >= 0.3 is 6.18 Å². The lowest BCUT2D eigenvalue weighted by atomic mass is 9.90. The zero-order chi connectivity index (χ0) is 18.3. The van der Waals surface area contributed by atoms with E-state index in [1.807, 2.05) is 7.05 Å². The SMILES string of the molecule is CN1CCC2=C(C1)C1=CC(C(F)(F)F)=CCC1N2CC[C@H]1C=CC=CC1. The van der Waals surface area contributed by atoms with Crippen LogP contribution in [0.5, 0.6) is 0 Å². The van der Waals surface area contributed by atoms with Crippen LogP contribution < -0.4 is 0 Å². The predicted molar refractivity (Wildman–Crippen MR) is 97.5 cm³/mol. The van der Waals surface area contributed by atoms with Crippen LogP contribution >= 0.6 is 0 Å². The number of hydrogen-bond acceptors (Lipinski definition) is 2. The van der Waals surface area contributed by atoms with E-state index >= 15 is 0 Å². The minimum absolute atomic E-state index is 0.0840. The molecule has 0 aromatic carbocycles. The second-order valence-corrected chi connectivity index (χ2v) is 7.71. The van der Waals surface area contributed by atoms with Gasteiger partial charge in [0.15, 0.2) is 0 Å². The van der Waals surface area contributed by atoms with Gasteiger partial charge in [-0.25, -0.2) is 0 Å². The van der Waals surface area contributed by atoms with Crippen molar-refractivity contribution in [3.63, 3.8) is 0 Å². The van der Waals surface area contributed by atoms with E-state index in [1.165, 1.54) is 17.8 Å². The molecule has 0 saturated carbocycles. The highest BCUT2D eigenvalue weighted by Gasteiger charge is 2.42. The Morgan fingerprint density at radius 1 is 1.19 bits per heavy atom. The molecule has 2 aliphatic heterocycles. The summed E-state index contributed by atoms with van der Waals surface area (Å²) in [4.78, 5) is 4.62. The van der Waals surface area contributed by atoms with Gasteiger partial charge in [0, 0.05) is 31.8 Å². The molecular weight excluding hydrogens is 337 g/mol. The molecule has 4 aliphatic rings. The van der Waals surface area contributed by atoms with Crippen LogP contribution in [0.3, 0.4) is 0 Å². The first-order valence-electron chi connectivity index (χ1n) is 9.43. The van der Waals surface area contributed by atoms with Gasteiger partial charge in [0.05, 0.1) is 11.6 Å². The lowest BCUT2D eigenvalue weighted by Gasteiger charge is -2.33. The second-order valence-electron chi connectivity index (χ2n) is 7.71. The fourth-order valence-corrected chi connectivity index (χ4v) is 4.56. The van der Waals surface area contributed by atoms with Crippen molar-refractivity contribution in [3.8, 4) is 0 Å². The average Bonchev–Trinajstić information content (AvgIpc) is 2.92. The van der Waals surface area contributed by atoms with E-state index in [4.69, 9.17) is 0 Å². The highest BCUT2D eigenvalue weighted by Crippen LogP contribution is 2.44. The number of allylic oxidation sites excluding steroid dienone is 6. The molecule has 2 nitrogen and oxygen atoms in total. The van der Waals surface area contributed by atoms with E-state index in [9.17, 15) is 13.2 Å². The molecule has 2 heterocycles. The van der Waals surface area contributed by atoms with Crippen LogP contribution in [-0.4, -0.2) is 48.7 Å². The Morgan fingerprint density at radius 2 is 2.04 bits per heavy atom. The third-order valence-corrected chi connectivity index (χ3v) is 5.95. The van der Waals surface area contributed by atoms with E-state index in [0.717, 1.165) is 50.0 Å². The summed E-state index contributed by atoms with van der Waals surface area (Å²) in [6.07, 6.45) is 10.7. The van der Waals surface area contributed by atoms with Crippen molar-refractivity contribution in [2.45, 2.75) is 37.9 Å². The molecule has 5 heteroatoms. The lowest BCUT2D eigenvalue weighted by Crippen LogP contribution is -2.35. The zero-order valence-electron chi connectivity index (χ0n) is 15.1. The van der Waals surface area contributed by atoms with Gasteiger partial charge < -0.3 is 9.80 Å². The van der Waals surface area contributed by atoms with Crippen molar-refractivity contribution >= 4 is 0 Å². The zero-order valence-corrected chi connectivity index (χ0v) is 15.1. The second kappa shape index (κ2) is 6.76. The minimum Gasteiger partial charge on any atom is -0.367 e. The molecule has 0 saturated heterocycles. The van der Waals surface area contributed by atoms with Crippen LogP contribution in [0.2, 0.25) is 0 Å². The maximum atomic E-state index is 13.2. The van der Waals surface area contributed by atoms with Crippen LogP contribution in [0.1, 0.15) is 25.7 Å². The summed E-state index contributed by atoms with van der Waals surface area (Å²) in [5.41, 5.74) is 2.84. The van der Waals surface area contributed by atoms with Gasteiger partial charge in [0.25, 0.3) is 0 Å². The van der Waals surface area contributed by atoms with Gasteiger partial charge in [-0.3, -0.25) is 0 Å². The number of rotatable bonds is 3. The number of likely N-dealkylation sites (N-methyl/N-ethyl adjacent to an activating group) is 1. The third-order valence-electron chi connectivity index (χ3n) is 5.95. The topological polar surface area (TPSA) is 6.48 Å². The van der Waals surface area contributed by atoms with Crippen molar-refractivity contribution in [1.29, 1.82) is 0 Å². The number of nitrogens with zero attached hydrogens (tertiary/aromatic N) is 2. The summed E-state index contributed by atoms with van der Waals surface area (Å²) in [6.45, 7) is 2.65. The first-order valence-corrected chi connectivity index (χ1v) is 9.43. The van der Waals surface area contributed by atoms with Crippen molar-refractivity contribution in [2.24, 2.45) is 5.92 Å². The molecule has 0 radical (unpaired) electrons. The van der Waals surface area contributed by atoms with Gasteiger partial charge in [-0.2, -0.15) is 13.2 Å². The largest absolute Gasteiger partial charge is 0.416 e. The molecule has 0 spiro atoms. The summed E-state index contributed by atoms with van der Waals surface area (Å²) in [7, 11) is 2.05. The minimum atomic E-state index is -4.26. The first-order chi connectivity index (χ1) is 12.4. The maximum absolute atomic E-state index is 13.2. The predicted octanol–water partition coefficient (Wildman–Crippen LogP) is 4.60. The third kappa shape index (κ3) is 3.29. The summed E-state index contributed by atoms with van der Waals surface area (Å²) in [6, 6.07) is 0.0840. The van der Waals surface area contributed by atoms with Crippen LogP contribution in [0.25, 0.3) is 0 Å². The van der Waals surface area contributed by atoms with Crippen molar-refractivity contribution < 1.29 is 13.2 Å². The number of halogens is 3. The maximum Gasteiger partial charge on any atom is 0.416 e. The first kappa shape index (κ1) is 17.7. The van der Waals surface area contributed by atoms with Crippen LogP contribution in [0.15, 0.2) is 58.9 Å². The fraction of sp³-hybridized carbons (Fsp3) is 0.524. The molecule has 0 bridgehead atoms. The Hall–Kier alpha value is -1.75. The molecular formula is C21H25F3N2. The van der Waals surface area contributed by atoms with Gasteiger partial charge in [-0.05, 0) is 49.5 Å². The van der Waals surface area contributed by atoms with E-state index in [1.54, 1.807) is 0 Å². The highest BCUT2D eigenvalue weighted by molar-refractivity contribution is 5.53. The number of fused-ring (bicyclic) bond motifs is 2. The lowest BCUT2D eigenvalue weighted by molar-refractivity contribution is -0.0888. The van der Waals surface area contributed by atoms with Gasteiger partial charge in [-0.15, -0.1) is 0 Å². The van der Waals surface area contributed by atoms with Gasteiger partial charge in [-0.1, -0.05) is 30.4 Å². The smallest absolute Gasteiger partial charge is 0.367 e. The van der Waals surface area contributed by atoms with E-state index in [0.29, 0.717) is 12.3 Å². The molecule has 0 amide bonds. The highest BCUT2D eigenvalue weighted by atomic mass is 19.4. The Balaban J connectivity index is 1.58. The molecule has 0 aromatic rings. The number of hydrogen-bond donors (Lipinski definition) is 0. The Bertz CT molecular complexity index is 724. The van der Waals surface area contributed by atoms with Crippen LogP contribution in [0, 0.1) is 5.92 Å². The summed E-state index contributed by atoms with van der Waals surface area (Å²) in [5.74, 6) is 0.535. The molecule has 0 N–H and O–H groups in total. The van der Waals surface area contributed by atoms with E-state index < -0.39 is 11.7 Å². The molecule has 4 rings (SSSR count). The van der Waals surface area contributed by atoms with E-state index in [-0.39, 0.29) is 6.04 Å². The normalized spacial score (nSPS) is 28.8. The summed E-state index contributed by atoms with van der Waals surface area (Å²) < 4.78 is 39.7. The van der Waals surface area contributed by atoms with Crippen molar-refractivity contribution in [1.82, 2.24) is 9.80 Å². The van der Waals surface area contributed by atoms with Crippen molar-refractivity contribution in [3.05, 3.63) is 58.9 Å². The standard InChI is InChI=1S/C21H25F3N2/c1-25-11-10-20-18(14-25)17-13-16(21(22,23)24)7-8-19(17)26(20)12-9-15-5-3-2-4-6-15/h2-5,7,13,15,19H,6,8-12,14H2,1H3/t15-,19?/m0/s1. The molecule has 0 fully saturated rings. The molecule has 140 valence electrons. The Morgan fingerprint density at radius 3 is 2.77 bits per heavy atom. The van der Waals surface area contributed by atoms with Crippen LogP contribution in [-0.2, 0) is 0 Å². The monoisotopic (exact) mass is 362 g/mol. The molecule has 0 aromatic heterocycles. The van der Waals surface area contributed by atoms with E-state index in [2.05, 4.69) is 34.1 Å². The Labute approximate surface area is 153 Å². The summed E-state index contributed by atoms with van der Waals surface area (Å²) in [5, 5.41) is 0. The fourth-order valence-electron chi connectivity index (χ4n) is 4.56. The quantitative estimate of drug-likeness (QED) is 0.724. The van der Waals surface area contributed by atoms with Crippen LogP contribution in [0.4, 0.5) is 13.2 Å². The molecule has 1 unspecified atom stereocenters. The number of alkyl halides is 3.